The van der Waals surface area contributed by atoms with Crippen molar-refractivity contribution in [1.82, 2.24) is 4.90 Å². The summed E-state index contributed by atoms with van der Waals surface area (Å²) < 4.78 is 4.83. The molecule has 3 rings (SSSR count). The quantitative estimate of drug-likeness (QED) is 0.349. The predicted molar refractivity (Wildman–Crippen MR) is 84.1 cm³/mol. The number of benzene rings is 1. The van der Waals surface area contributed by atoms with Crippen molar-refractivity contribution in [2.75, 3.05) is 12.4 Å². The number of nitrogens with zero attached hydrogens (tertiary/aromatic N) is 2. The van der Waals surface area contributed by atoms with Crippen LogP contribution in [0.25, 0.3) is 0 Å². The van der Waals surface area contributed by atoms with Gasteiger partial charge in [0.15, 0.2) is 11.7 Å². The molecule has 126 valence electrons. The molecule has 1 unspecified atom stereocenters. The third-order valence-electron chi connectivity index (χ3n) is 4.03. The lowest BCUT2D eigenvalue weighted by molar-refractivity contribution is -0.384. The molecule has 1 aromatic carbocycles. The van der Waals surface area contributed by atoms with Crippen molar-refractivity contribution < 1.29 is 24.0 Å². The molecule has 24 heavy (non-hydrogen) atoms. The predicted octanol–water partition coefficient (Wildman–Crippen LogP) is 1.30. The Labute approximate surface area is 141 Å². The average Bonchev–Trinajstić information content (AvgIpc) is 3.09. The Bertz CT molecular complexity index is 719. The molecule has 2 heterocycles. The zero-order valence-corrected chi connectivity index (χ0v) is 13.5. The van der Waals surface area contributed by atoms with Crippen LogP contribution in [-0.4, -0.2) is 45.9 Å². The molecular formula is C15H14N2O6S. The first kappa shape index (κ1) is 16.4. The Kier molecular flexibility index (Phi) is 4.27. The highest BCUT2D eigenvalue weighted by molar-refractivity contribution is 7.99. The van der Waals surface area contributed by atoms with Crippen LogP contribution in [0.5, 0.6) is 0 Å². The first-order chi connectivity index (χ1) is 11.5. The SMILES string of the molecule is CCOC(=O)C1C(=O)[C@H]2CS[C@H](c3ccc([N+](=O)[O-])cc3)N2C1=O. The van der Waals surface area contributed by atoms with Crippen molar-refractivity contribution in [3.8, 4) is 0 Å². The van der Waals surface area contributed by atoms with Gasteiger partial charge in [0.2, 0.25) is 5.91 Å². The summed E-state index contributed by atoms with van der Waals surface area (Å²) in [4.78, 5) is 48.4. The van der Waals surface area contributed by atoms with E-state index < -0.39 is 39.9 Å². The van der Waals surface area contributed by atoms with Gasteiger partial charge in [0.05, 0.1) is 11.5 Å². The maximum atomic E-state index is 12.6. The van der Waals surface area contributed by atoms with E-state index in [-0.39, 0.29) is 12.3 Å². The summed E-state index contributed by atoms with van der Waals surface area (Å²) in [6, 6.07) is 5.18. The normalized spacial score (nSPS) is 25.7. The van der Waals surface area contributed by atoms with Gasteiger partial charge in [0.25, 0.3) is 5.69 Å². The van der Waals surface area contributed by atoms with Crippen molar-refractivity contribution in [2.24, 2.45) is 5.92 Å². The number of ketones is 1. The monoisotopic (exact) mass is 350 g/mol. The van der Waals surface area contributed by atoms with Gasteiger partial charge in [-0.15, -0.1) is 11.8 Å². The Morgan fingerprint density at radius 3 is 2.62 bits per heavy atom. The van der Waals surface area contributed by atoms with Crippen LogP contribution in [0, 0.1) is 16.0 Å². The highest BCUT2D eigenvalue weighted by Crippen LogP contribution is 2.46. The molecule has 2 saturated heterocycles. The molecule has 0 spiro atoms. The number of nitro benzene ring substituents is 1. The zero-order chi connectivity index (χ0) is 17.4. The Hall–Kier alpha value is -2.42. The maximum Gasteiger partial charge on any atom is 0.326 e. The van der Waals surface area contributed by atoms with Crippen LogP contribution in [0.3, 0.4) is 0 Å². The van der Waals surface area contributed by atoms with Gasteiger partial charge >= 0.3 is 5.97 Å². The minimum Gasteiger partial charge on any atom is -0.465 e. The van der Waals surface area contributed by atoms with E-state index in [0.29, 0.717) is 11.3 Å². The van der Waals surface area contributed by atoms with Gasteiger partial charge in [-0.3, -0.25) is 24.5 Å². The van der Waals surface area contributed by atoms with Crippen molar-refractivity contribution in [3.63, 3.8) is 0 Å². The smallest absolute Gasteiger partial charge is 0.326 e. The largest absolute Gasteiger partial charge is 0.465 e. The molecule has 0 radical (unpaired) electrons. The summed E-state index contributed by atoms with van der Waals surface area (Å²) in [7, 11) is 0. The number of hydrogen-bond donors (Lipinski definition) is 0. The molecule has 2 fully saturated rings. The molecular weight excluding hydrogens is 336 g/mol. The average molecular weight is 350 g/mol. The first-order valence-corrected chi connectivity index (χ1v) is 8.39. The topological polar surface area (TPSA) is 107 Å². The molecule has 0 bridgehead atoms. The number of nitro groups is 1. The number of carbonyl (C=O) groups is 3. The number of Topliss-reactive ketones (excluding diaryl/α,β-unsaturated/α-hetero) is 1. The van der Waals surface area contributed by atoms with Crippen LogP contribution in [0.15, 0.2) is 24.3 Å². The molecule has 1 aromatic rings. The highest BCUT2D eigenvalue weighted by Gasteiger charge is 2.57. The lowest BCUT2D eigenvalue weighted by atomic mass is 10.0. The fourth-order valence-electron chi connectivity index (χ4n) is 2.92. The van der Waals surface area contributed by atoms with Gasteiger partial charge in [-0.1, -0.05) is 0 Å². The number of carbonyl (C=O) groups excluding carboxylic acids is 3. The van der Waals surface area contributed by atoms with E-state index in [0.717, 1.165) is 0 Å². The van der Waals surface area contributed by atoms with Crippen LogP contribution in [-0.2, 0) is 19.1 Å². The standard InChI is InChI=1S/C15H14N2O6S/c1-2-23-15(20)11-12(18)10-7-24-14(16(10)13(11)19)8-3-5-9(6-4-8)17(21)22/h3-6,10-11,14H,2,7H2,1H3/t10-,11?,14-/m1/s1. The molecule has 9 heteroatoms. The third kappa shape index (κ3) is 2.54. The van der Waals surface area contributed by atoms with E-state index in [4.69, 9.17) is 4.74 Å². The van der Waals surface area contributed by atoms with E-state index in [1.54, 1.807) is 19.1 Å². The fraction of sp³-hybridized carbons (Fsp3) is 0.400. The Balaban J connectivity index is 1.86. The first-order valence-electron chi connectivity index (χ1n) is 7.34. The molecule has 3 atom stereocenters. The van der Waals surface area contributed by atoms with Crippen molar-refractivity contribution in [2.45, 2.75) is 18.3 Å². The van der Waals surface area contributed by atoms with Crippen LogP contribution in [0.4, 0.5) is 5.69 Å². The lowest BCUT2D eigenvalue weighted by Gasteiger charge is -2.22. The van der Waals surface area contributed by atoms with Crippen molar-refractivity contribution >= 4 is 35.1 Å². The Morgan fingerprint density at radius 2 is 2.04 bits per heavy atom. The van der Waals surface area contributed by atoms with Gasteiger partial charge in [-0.2, -0.15) is 0 Å². The molecule has 8 nitrogen and oxygen atoms in total. The number of esters is 1. The number of thioether (sulfide) groups is 1. The van der Waals surface area contributed by atoms with Gasteiger partial charge in [-0.25, -0.2) is 0 Å². The fourth-order valence-corrected chi connectivity index (χ4v) is 4.37. The third-order valence-corrected chi connectivity index (χ3v) is 5.35. The number of amides is 1. The minimum atomic E-state index is -1.39. The summed E-state index contributed by atoms with van der Waals surface area (Å²) in [5.74, 6) is -2.81. The number of rotatable bonds is 4. The van der Waals surface area contributed by atoms with Gasteiger partial charge in [-0.05, 0) is 24.6 Å². The molecule has 1 amide bonds. The van der Waals surface area contributed by atoms with E-state index >= 15 is 0 Å². The summed E-state index contributed by atoms with van der Waals surface area (Å²) in [5, 5.41) is 10.3. The molecule has 0 aromatic heterocycles. The van der Waals surface area contributed by atoms with Gasteiger partial charge in [0.1, 0.15) is 11.4 Å². The van der Waals surface area contributed by atoms with E-state index in [1.165, 1.54) is 28.8 Å². The second kappa shape index (κ2) is 6.23. The van der Waals surface area contributed by atoms with E-state index in [1.807, 2.05) is 0 Å². The molecule has 2 aliphatic heterocycles. The summed E-state index contributed by atoms with van der Waals surface area (Å²) in [6.45, 7) is 1.71. The maximum absolute atomic E-state index is 12.6. The second-order valence-electron chi connectivity index (χ2n) is 5.38. The minimum absolute atomic E-state index is 0.0495. The van der Waals surface area contributed by atoms with Crippen molar-refractivity contribution in [1.29, 1.82) is 0 Å². The lowest BCUT2D eigenvalue weighted by Crippen LogP contribution is -2.33. The van der Waals surface area contributed by atoms with Gasteiger partial charge < -0.3 is 9.64 Å². The number of ether oxygens (including phenoxy) is 1. The molecule has 2 aliphatic rings. The number of fused-ring (bicyclic) bond motifs is 1. The van der Waals surface area contributed by atoms with Crippen molar-refractivity contribution in [3.05, 3.63) is 39.9 Å². The van der Waals surface area contributed by atoms with Gasteiger partial charge in [0, 0.05) is 17.9 Å². The van der Waals surface area contributed by atoms with E-state index in [9.17, 15) is 24.5 Å². The molecule has 0 N–H and O–H groups in total. The van der Waals surface area contributed by atoms with Crippen LogP contribution < -0.4 is 0 Å². The molecule has 0 saturated carbocycles. The number of non-ortho nitro benzene ring substituents is 1. The summed E-state index contributed by atoms with van der Waals surface area (Å²) in [6.07, 6.45) is 0. The highest BCUT2D eigenvalue weighted by atomic mass is 32.2. The van der Waals surface area contributed by atoms with E-state index in [2.05, 4.69) is 0 Å². The van der Waals surface area contributed by atoms with Crippen LogP contribution in [0.2, 0.25) is 0 Å². The summed E-state index contributed by atoms with van der Waals surface area (Å²) in [5.41, 5.74) is 0.630. The second-order valence-corrected chi connectivity index (χ2v) is 6.50. The van der Waals surface area contributed by atoms with Crippen LogP contribution >= 0.6 is 11.8 Å². The zero-order valence-electron chi connectivity index (χ0n) is 12.7. The Morgan fingerprint density at radius 1 is 1.38 bits per heavy atom. The number of hydrogen-bond acceptors (Lipinski definition) is 7. The van der Waals surface area contributed by atoms with Crippen LogP contribution in [0.1, 0.15) is 17.9 Å². The summed E-state index contributed by atoms with van der Waals surface area (Å²) >= 11 is 1.40. The molecule has 0 aliphatic carbocycles.